The van der Waals surface area contributed by atoms with Crippen molar-refractivity contribution in [2.75, 3.05) is 6.61 Å². The standard InChI is InChI=1S/C23H18FN3O2/c1-2-29-23(28)20-15-27-14-18(13-19(24)22(27)26-20)25-21(16-9-5-3-6-10-16)17-11-7-4-8-12-17/h3-15H,2H2,1H3. The number of ether oxygens (including phenoxy) is 1. The predicted octanol–water partition coefficient (Wildman–Crippen LogP) is 4.82. The fourth-order valence-corrected chi connectivity index (χ4v) is 3.02. The number of esters is 1. The molecule has 0 saturated heterocycles. The third-order valence-electron chi connectivity index (χ3n) is 4.31. The normalized spacial score (nSPS) is 10.7. The van der Waals surface area contributed by atoms with E-state index in [1.54, 1.807) is 13.1 Å². The Balaban J connectivity index is 1.83. The molecule has 2 aromatic carbocycles. The molecular weight excluding hydrogens is 369 g/mol. The van der Waals surface area contributed by atoms with Gasteiger partial charge in [0.25, 0.3) is 0 Å². The lowest BCUT2D eigenvalue weighted by molar-refractivity contribution is 0.0520. The molecule has 5 nitrogen and oxygen atoms in total. The Morgan fingerprint density at radius 3 is 2.24 bits per heavy atom. The second-order valence-corrected chi connectivity index (χ2v) is 6.32. The highest BCUT2D eigenvalue weighted by molar-refractivity contribution is 6.13. The van der Waals surface area contributed by atoms with Crippen molar-refractivity contribution in [1.29, 1.82) is 0 Å². The topological polar surface area (TPSA) is 56.0 Å². The highest BCUT2D eigenvalue weighted by atomic mass is 19.1. The number of halogens is 1. The summed E-state index contributed by atoms with van der Waals surface area (Å²) in [6, 6.07) is 20.7. The Hall–Kier alpha value is -3.80. The van der Waals surface area contributed by atoms with Crippen LogP contribution in [0.1, 0.15) is 28.5 Å². The molecule has 29 heavy (non-hydrogen) atoms. The first-order chi connectivity index (χ1) is 14.2. The number of rotatable bonds is 5. The van der Waals surface area contributed by atoms with Crippen molar-refractivity contribution in [2.24, 2.45) is 4.99 Å². The number of benzene rings is 2. The highest BCUT2D eigenvalue weighted by Crippen LogP contribution is 2.22. The van der Waals surface area contributed by atoms with Crippen LogP contribution in [-0.4, -0.2) is 27.7 Å². The van der Waals surface area contributed by atoms with E-state index in [1.165, 1.54) is 16.7 Å². The van der Waals surface area contributed by atoms with Gasteiger partial charge in [-0.2, -0.15) is 0 Å². The monoisotopic (exact) mass is 387 g/mol. The zero-order valence-electron chi connectivity index (χ0n) is 15.7. The Morgan fingerprint density at radius 2 is 1.66 bits per heavy atom. The van der Waals surface area contributed by atoms with Crippen molar-refractivity contribution in [3.63, 3.8) is 0 Å². The Bertz CT molecular complexity index is 1140. The summed E-state index contributed by atoms with van der Waals surface area (Å²) < 4.78 is 21.1. The molecule has 0 radical (unpaired) electrons. The van der Waals surface area contributed by atoms with Gasteiger partial charge in [0.05, 0.1) is 18.0 Å². The smallest absolute Gasteiger partial charge is 0.358 e. The second kappa shape index (κ2) is 8.06. The van der Waals surface area contributed by atoms with Gasteiger partial charge < -0.3 is 9.14 Å². The van der Waals surface area contributed by atoms with E-state index in [2.05, 4.69) is 4.98 Å². The zero-order valence-corrected chi connectivity index (χ0v) is 15.7. The quantitative estimate of drug-likeness (QED) is 0.364. The number of fused-ring (bicyclic) bond motifs is 1. The van der Waals surface area contributed by atoms with Crippen molar-refractivity contribution in [1.82, 2.24) is 9.38 Å². The SMILES string of the molecule is CCOC(=O)c1cn2cc(N=C(c3ccccc3)c3ccccc3)cc(F)c2n1. The molecule has 0 aliphatic carbocycles. The Labute approximate surface area is 167 Å². The summed E-state index contributed by atoms with van der Waals surface area (Å²) in [5.74, 6) is -1.16. The molecule has 0 aliphatic heterocycles. The lowest BCUT2D eigenvalue weighted by Crippen LogP contribution is -2.04. The summed E-state index contributed by atoms with van der Waals surface area (Å²) in [6.45, 7) is 1.93. The van der Waals surface area contributed by atoms with Crippen LogP contribution in [0.15, 0.2) is 84.1 Å². The van der Waals surface area contributed by atoms with Crippen LogP contribution in [-0.2, 0) is 4.74 Å². The van der Waals surface area contributed by atoms with Gasteiger partial charge in [0.15, 0.2) is 17.2 Å². The van der Waals surface area contributed by atoms with Gasteiger partial charge in [0.2, 0.25) is 0 Å². The molecule has 2 heterocycles. The number of pyridine rings is 1. The van der Waals surface area contributed by atoms with Gasteiger partial charge in [-0.25, -0.2) is 19.2 Å². The fraction of sp³-hybridized carbons (Fsp3) is 0.0870. The molecule has 4 aromatic rings. The Kier molecular flexibility index (Phi) is 5.16. The van der Waals surface area contributed by atoms with E-state index in [0.29, 0.717) is 5.69 Å². The maximum absolute atomic E-state index is 14.7. The average Bonchev–Trinajstić information content (AvgIpc) is 3.18. The molecule has 144 valence electrons. The lowest BCUT2D eigenvalue weighted by Gasteiger charge is -2.08. The maximum Gasteiger partial charge on any atom is 0.358 e. The molecule has 0 aliphatic rings. The largest absolute Gasteiger partial charge is 0.461 e. The van der Waals surface area contributed by atoms with Crippen molar-refractivity contribution in [3.8, 4) is 0 Å². The van der Waals surface area contributed by atoms with Gasteiger partial charge in [-0.05, 0) is 6.92 Å². The molecule has 0 saturated carbocycles. The summed E-state index contributed by atoms with van der Waals surface area (Å²) >= 11 is 0. The van der Waals surface area contributed by atoms with Crippen molar-refractivity contribution < 1.29 is 13.9 Å². The van der Waals surface area contributed by atoms with Crippen LogP contribution in [0.3, 0.4) is 0 Å². The summed E-state index contributed by atoms with van der Waals surface area (Å²) in [7, 11) is 0. The van der Waals surface area contributed by atoms with Crippen molar-refractivity contribution in [3.05, 3.63) is 102 Å². The minimum atomic E-state index is -0.588. The van der Waals surface area contributed by atoms with Crippen LogP contribution in [0.5, 0.6) is 0 Å². The van der Waals surface area contributed by atoms with Crippen LogP contribution in [0.25, 0.3) is 5.65 Å². The number of hydrogen-bond acceptors (Lipinski definition) is 4. The summed E-state index contributed by atoms with van der Waals surface area (Å²) in [5.41, 5.74) is 3.06. The van der Waals surface area contributed by atoms with Gasteiger partial charge in [-0.1, -0.05) is 60.7 Å². The molecule has 0 N–H and O–H groups in total. The van der Waals surface area contributed by atoms with E-state index in [4.69, 9.17) is 9.73 Å². The van der Waals surface area contributed by atoms with Gasteiger partial charge in [-0.3, -0.25) is 0 Å². The van der Waals surface area contributed by atoms with Crippen LogP contribution < -0.4 is 0 Å². The van der Waals surface area contributed by atoms with E-state index in [0.717, 1.165) is 16.8 Å². The van der Waals surface area contributed by atoms with E-state index < -0.39 is 11.8 Å². The Morgan fingerprint density at radius 1 is 1.03 bits per heavy atom. The number of aromatic nitrogens is 2. The fourth-order valence-electron chi connectivity index (χ4n) is 3.02. The van der Waals surface area contributed by atoms with Crippen LogP contribution >= 0.6 is 0 Å². The molecular formula is C23H18FN3O2. The number of hydrogen-bond donors (Lipinski definition) is 0. The average molecular weight is 387 g/mol. The number of carbonyl (C=O) groups is 1. The first-order valence-corrected chi connectivity index (χ1v) is 9.20. The molecule has 0 bridgehead atoms. The minimum Gasteiger partial charge on any atom is -0.461 e. The van der Waals surface area contributed by atoms with Crippen molar-refractivity contribution in [2.45, 2.75) is 6.92 Å². The van der Waals surface area contributed by atoms with Crippen LogP contribution in [0.4, 0.5) is 10.1 Å². The third-order valence-corrected chi connectivity index (χ3v) is 4.31. The summed E-state index contributed by atoms with van der Waals surface area (Å²) in [4.78, 5) is 20.7. The van der Waals surface area contributed by atoms with E-state index >= 15 is 0 Å². The molecule has 0 atom stereocenters. The molecule has 2 aromatic heterocycles. The first kappa shape index (κ1) is 18.6. The van der Waals surface area contributed by atoms with Crippen LogP contribution in [0.2, 0.25) is 0 Å². The van der Waals surface area contributed by atoms with E-state index in [-0.39, 0.29) is 17.9 Å². The molecule has 0 unspecified atom stereocenters. The van der Waals surface area contributed by atoms with E-state index in [9.17, 15) is 9.18 Å². The number of carbonyl (C=O) groups excluding carboxylic acids is 1. The maximum atomic E-state index is 14.7. The van der Waals surface area contributed by atoms with Gasteiger partial charge in [-0.15, -0.1) is 0 Å². The predicted molar refractivity (Wildman–Crippen MR) is 109 cm³/mol. The zero-order chi connectivity index (χ0) is 20.2. The number of nitrogens with zero attached hydrogens (tertiary/aromatic N) is 3. The molecule has 0 amide bonds. The summed E-state index contributed by atoms with van der Waals surface area (Å²) in [5, 5.41) is 0. The number of aliphatic imine (C=N–C) groups is 1. The van der Waals surface area contributed by atoms with Crippen LogP contribution in [0, 0.1) is 5.82 Å². The van der Waals surface area contributed by atoms with Gasteiger partial charge in [0, 0.05) is 29.6 Å². The molecule has 6 heteroatoms. The lowest BCUT2D eigenvalue weighted by atomic mass is 10.0. The molecule has 0 fully saturated rings. The first-order valence-electron chi connectivity index (χ1n) is 9.20. The number of imidazole rings is 1. The third kappa shape index (κ3) is 3.91. The minimum absolute atomic E-state index is 0.0491. The molecule has 4 rings (SSSR count). The van der Waals surface area contributed by atoms with Gasteiger partial charge >= 0.3 is 5.97 Å². The second-order valence-electron chi connectivity index (χ2n) is 6.32. The van der Waals surface area contributed by atoms with E-state index in [1.807, 2.05) is 60.7 Å². The van der Waals surface area contributed by atoms with Gasteiger partial charge in [0.1, 0.15) is 0 Å². The molecule has 0 spiro atoms. The van der Waals surface area contributed by atoms with Crippen molar-refractivity contribution >= 4 is 23.0 Å². The summed E-state index contributed by atoms with van der Waals surface area (Å²) in [6.07, 6.45) is 3.08. The highest BCUT2D eigenvalue weighted by Gasteiger charge is 2.15.